The fourth-order valence-corrected chi connectivity index (χ4v) is 3.21. The molecule has 1 unspecified atom stereocenters. The van der Waals surface area contributed by atoms with Crippen LogP contribution in [0.25, 0.3) is 0 Å². The summed E-state index contributed by atoms with van der Waals surface area (Å²) in [7, 11) is 0. The van der Waals surface area contributed by atoms with Gasteiger partial charge in [0.1, 0.15) is 5.82 Å². The van der Waals surface area contributed by atoms with E-state index in [1.165, 1.54) is 6.07 Å². The van der Waals surface area contributed by atoms with Gasteiger partial charge in [-0.3, -0.25) is 4.98 Å². The molecule has 0 aliphatic carbocycles. The zero-order valence-corrected chi connectivity index (χ0v) is 14.2. The Balaban J connectivity index is 2.44. The van der Waals surface area contributed by atoms with Crippen LogP contribution in [0.1, 0.15) is 30.6 Å². The maximum absolute atomic E-state index is 14.1. The second kappa shape index (κ2) is 7.29. The van der Waals surface area contributed by atoms with Gasteiger partial charge in [-0.25, -0.2) is 4.39 Å². The van der Waals surface area contributed by atoms with Crippen LogP contribution in [0.15, 0.2) is 45.5 Å². The fraction of sp³-hybridized carbons (Fsp3) is 0.267. The Labute approximate surface area is 135 Å². The fourth-order valence-electron chi connectivity index (χ4n) is 1.99. The maximum atomic E-state index is 14.1. The second-order valence-corrected chi connectivity index (χ2v) is 6.20. The molecule has 1 aromatic heterocycles. The van der Waals surface area contributed by atoms with Crippen molar-refractivity contribution >= 4 is 31.9 Å². The van der Waals surface area contributed by atoms with E-state index in [4.69, 9.17) is 0 Å². The van der Waals surface area contributed by atoms with Gasteiger partial charge in [0.25, 0.3) is 0 Å². The summed E-state index contributed by atoms with van der Waals surface area (Å²) < 4.78 is 15.8. The second-order valence-electron chi connectivity index (χ2n) is 4.43. The van der Waals surface area contributed by atoms with Crippen molar-refractivity contribution in [1.82, 2.24) is 10.3 Å². The van der Waals surface area contributed by atoms with Crippen LogP contribution in [0.4, 0.5) is 4.39 Å². The summed E-state index contributed by atoms with van der Waals surface area (Å²) in [6, 6.07) is 8.45. The van der Waals surface area contributed by atoms with Crippen molar-refractivity contribution in [1.29, 1.82) is 0 Å². The van der Waals surface area contributed by atoms with Crippen molar-refractivity contribution in [2.45, 2.75) is 19.4 Å². The van der Waals surface area contributed by atoms with Crippen LogP contribution in [0.5, 0.6) is 0 Å². The Morgan fingerprint density at radius 3 is 2.70 bits per heavy atom. The molecule has 0 spiro atoms. The SMILES string of the molecule is CCCNC(c1ccccc1F)c1ncc(Br)cc1Br. The maximum Gasteiger partial charge on any atom is 0.128 e. The molecule has 0 aliphatic heterocycles. The standard InChI is InChI=1S/C15H15Br2FN2/c1-2-7-19-14(11-5-3-4-6-13(11)18)15-12(17)8-10(16)9-20-15/h3-6,8-9,14,19H,2,7H2,1H3. The highest BCUT2D eigenvalue weighted by molar-refractivity contribution is 9.11. The van der Waals surface area contributed by atoms with Gasteiger partial charge >= 0.3 is 0 Å². The smallest absolute Gasteiger partial charge is 0.128 e. The van der Waals surface area contributed by atoms with Crippen molar-refractivity contribution in [2.75, 3.05) is 6.54 Å². The summed E-state index contributed by atoms with van der Waals surface area (Å²) in [5.74, 6) is -0.224. The van der Waals surface area contributed by atoms with Crippen molar-refractivity contribution in [3.63, 3.8) is 0 Å². The molecule has 1 aromatic carbocycles. The van der Waals surface area contributed by atoms with E-state index in [1.807, 2.05) is 12.1 Å². The summed E-state index contributed by atoms with van der Waals surface area (Å²) >= 11 is 6.89. The number of hydrogen-bond acceptors (Lipinski definition) is 2. The van der Waals surface area contributed by atoms with Crippen LogP contribution in [0, 0.1) is 5.82 Å². The molecule has 20 heavy (non-hydrogen) atoms. The van der Waals surface area contributed by atoms with E-state index < -0.39 is 0 Å². The normalized spacial score (nSPS) is 12.4. The van der Waals surface area contributed by atoms with Gasteiger partial charge in [0.2, 0.25) is 0 Å². The van der Waals surface area contributed by atoms with E-state index in [1.54, 1.807) is 18.3 Å². The first kappa shape index (κ1) is 15.6. The lowest BCUT2D eigenvalue weighted by atomic mass is 10.0. The van der Waals surface area contributed by atoms with Gasteiger partial charge in [-0.15, -0.1) is 0 Å². The molecule has 0 aliphatic rings. The number of aromatic nitrogens is 1. The molecular formula is C15H15Br2FN2. The molecule has 5 heteroatoms. The Morgan fingerprint density at radius 1 is 1.30 bits per heavy atom. The third-order valence-corrected chi connectivity index (χ3v) is 3.99. The number of hydrogen-bond donors (Lipinski definition) is 1. The first-order valence-electron chi connectivity index (χ1n) is 6.42. The van der Waals surface area contributed by atoms with E-state index in [0.717, 1.165) is 27.6 Å². The number of halogens is 3. The third kappa shape index (κ3) is 3.65. The summed E-state index contributed by atoms with van der Waals surface area (Å²) in [5, 5.41) is 3.36. The lowest BCUT2D eigenvalue weighted by Gasteiger charge is -2.20. The van der Waals surface area contributed by atoms with E-state index in [-0.39, 0.29) is 11.9 Å². The quantitative estimate of drug-likeness (QED) is 0.775. The number of nitrogens with zero attached hydrogens (tertiary/aromatic N) is 1. The van der Waals surface area contributed by atoms with Crippen LogP contribution in [-0.4, -0.2) is 11.5 Å². The van der Waals surface area contributed by atoms with Gasteiger partial charge in [-0.05, 0) is 57.0 Å². The Hall–Kier alpha value is -0.780. The monoisotopic (exact) mass is 400 g/mol. The van der Waals surface area contributed by atoms with E-state index >= 15 is 0 Å². The zero-order valence-electron chi connectivity index (χ0n) is 11.0. The van der Waals surface area contributed by atoms with E-state index in [2.05, 4.69) is 49.1 Å². The molecule has 106 valence electrons. The van der Waals surface area contributed by atoms with Gasteiger partial charge in [-0.2, -0.15) is 0 Å². The molecule has 0 radical (unpaired) electrons. The number of nitrogens with one attached hydrogen (secondary N) is 1. The molecule has 1 atom stereocenters. The van der Waals surface area contributed by atoms with Gasteiger partial charge < -0.3 is 5.32 Å². The van der Waals surface area contributed by atoms with Crippen LogP contribution >= 0.6 is 31.9 Å². The van der Waals surface area contributed by atoms with Gasteiger partial charge in [-0.1, -0.05) is 25.1 Å². The first-order valence-corrected chi connectivity index (χ1v) is 8.00. The molecule has 0 fully saturated rings. The largest absolute Gasteiger partial charge is 0.305 e. The predicted molar refractivity (Wildman–Crippen MR) is 86.2 cm³/mol. The van der Waals surface area contributed by atoms with Crippen molar-refractivity contribution in [3.8, 4) is 0 Å². The van der Waals surface area contributed by atoms with Crippen molar-refractivity contribution in [2.24, 2.45) is 0 Å². The summed E-state index contributed by atoms with van der Waals surface area (Å²) in [4.78, 5) is 4.43. The van der Waals surface area contributed by atoms with E-state index in [9.17, 15) is 4.39 Å². The molecule has 2 aromatic rings. The molecule has 0 amide bonds. The molecule has 0 bridgehead atoms. The number of pyridine rings is 1. The highest BCUT2D eigenvalue weighted by Gasteiger charge is 2.20. The lowest BCUT2D eigenvalue weighted by Crippen LogP contribution is -2.25. The zero-order chi connectivity index (χ0) is 14.5. The third-order valence-electron chi connectivity index (χ3n) is 2.92. The minimum Gasteiger partial charge on any atom is -0.305 e. The molecule has 1 N–H and O–H groups in total. The van der Waals surface area contributed by atoms with Crippen LogP contribution in [0.2, 0.25) is 0 Å². The average molecular weight is 402 g/mol. The number of benzene rings is 1. The van der Waals surface area contributed by atoms with Crippen LogP contribution in [-0.2, 0) is 0 Å². The summed E-state index contributed by atoms with van der Waals surface area (Å²) in [6.07, 6.45) is 2.70. The van der Waals surface area contributed by atoms with E-state index in [0.29, 0.717) is 5.56 Å². The first-order chi connectivity index (χ1) is 9.63. The van der Waals surface area contributed by atoms with Crippen molar-refractivity contribution in [3.05, 3.63) is 62.5 Å². The average Bonchev–Trinajstić information content (AvgIpc) is 2.42. The minimum atomic E-state index is -0.265. The van der Waals surface area contributed by atoms with Crippen molar-refractivity contribution < 1.29 is 4.39 Å². The summed E-state index contributed by atoms with van der Waals surface area (Å²) in [6.45, 7) is 2.87. The van der Waals surface area contributed by atoms with Gasteiger partial charge in [0.15, 0.2) is 0 Å². The molecule has 0 saturated carbocycles. The Bertz CT molecular complexity index is 590. The molecule has 0 saturated heterocycles. The lowest BCUT2D eigenvalue weighted by molar-refractivity contribution is 0.538. The minimum absolute atomic E-state index is 0.224. The topological polar surface area (TPSA) is 24.9 Å². The highest BCUT2D eigenvalue weighted by atomic mass is 79.9. The Morgan fingerprint density at radius 2 is 2.05 bits per heavy atom. The van der Waals surface area contributed by atoms with Gasteiger partial charge in [0.05, 0.1) is 11.7 Å². The van der Waals surface area contributed by atoms with Gasteiger partial charge in [0, 0.05) is 20.7 Å². The number of rotatable bonds is 5. The molecule has 1 heterocycles. The predicted octanol–water partition coefficient (Wildman–Crippen LogP) is 4.83. The molecular weight excluding hydrogens is 387 g/mol. The molecule has 2 rings (SSSR count). The Kier molecular flexibility index (Phi) is 5.69. The van der Waals surface area contributed by atoms with Crippen LogP contribution in [0.3, 0.4) is 0 Å². The summed E-state index contributed by atoms with van der Waals surface area (Å²) in [5.41, 5.74) is 1.39. The van der Waals surface area contributed by atoms with Crippen LogP contribution < -0.4 is 5.32 Å². The molecule has 2 nitrogen and oxygen atoms in total. The highest BCUT2D eigenvalue weighted by Crippen LogP contribution is 2.30.